The highest BCUT2D eigenvalue weighted by atomic mass is 19.4. The van der Waals surface area contributed by atoms with Crippen LogP contribution in [0.4, 0.5) is 13.2 Å². The van der Waals surface area contributed by atoms with Gasteiger partial charge in [0.2, 0.25) is 0 Å². The molecule has 2 aromatic heterocycles. The highest BCUT2D eigenvalue weighted by Gasteiger charge is 2.34. The van der Waals surface area contributed by atoms with Crippen LogP contribution in [-0.2, 0) is 15.7 Å². The van der Waals surface area contributed by atoms with E-state index in [9.17, 15) is 22.8 Å². The highest BCUT2D eigenvalue weighted by molar-refractivity contribution is 6.04. The Bertz CT molecular complexity index is 1060. The lowest BCUT2D eigenvalue weighted by atomic mass is 10.0. The van der Waals surface area contributed by atoms with Gasteiger partial charge < -0.3 is 14.6 Å². The van der Waals surface area contributed by atoms with Gasteiger partial charge in [0.25, 0.3) is 11.6 Å². The number of hydrogen-bond acceptors (Lipinski definition) is 6. The van der Waals surface area contributed by atoms with Crippen LogP contribution in [0.2, 0.25) is 0 Å². The van der Waals surface area contributed by atoms with Crippen LogP contribution in [0.25, 0.3) is 22.4 Å². The van der Waals surface area contributed by atoms with Crippen LogP contribution in [0.3, 0.4) is 0 Å². The van der Waals surface area contributed by atoms with E-state index in [2.05, 4.69) is 15.5 Å². The van der Waals surface area contributed by atoms with Crippen LogP contribution in [0.1, 0.15) is 21.6 Å². The van der Waals surface area contributed by atoms with Crippen molar-refractivity contribution in [3.8, 4) is 11.3 Å². The Kier molecular flexibility index (Phi) is 5.04. The lowest BCUT2D eigenvalue weighted by Gasteiger charge is -2.13. The third kappa shape index (κ3) is 3.66. The predicted octanol–water partition coefficient (Wildman–Crippen LogP) is 3.12. The molecule has 0 aliphatic carbocycles. The number of aromatic nitrogens is 2. The first-order valence-corrected chi connectivity index (χ1v) is 8.03. The first kappa shape index (κ1) is 19.3. The van der Waals surface area contributed by atoms with Crippen molar-refractivity contribution in [3.05, 3.63) is 47.2 Å². The van der Waals surface area contributed by atoms with Gasteiger partial charge in [0, 0.05) is 12.6 Å². The number of carbonyl (C=O) groups excluding carboxylic acids is 2. The van der Waals surface area contributed by atoms with Crippen molar-refractivity contribution >= 4 is 23.0 Å². The van der Waals surface area contributed by atoms with E-state index in [0.29, 0.717) is 5.69 Å². The number of esters is 1. The smallest absolute Gasteiger partial charge is 0.417 e. The summed E-state index contributed by atoms with van der Waals surface area (Å²) in [5.74, 6) is -1.45. The monoisotopic (exact) mass is 393 g/mol. The number of pyridine rings is 1. The first-order chi connectivity index (χ1) is 13.2. The van der Waals surface area contributed by atoms with E-state index in [-0.39, 0.29) is 27.9 Å². The summed E-state index contributed by atoms with van der Waals surface area (Å²) >= 11 is 0. The van der Waals surface area contributed by atoms with Crippen molar-refractivity contribution in [1.82, 2.24) is 15.5 Å². The van der Waals surface area contributed by atoms with E-state index in [1.165, 1.54) is 31.3 Å². The fourth-order valence-electron chi connectivity index (χ4n) is 2.63. The SMILES string of the molecule is CNC(=O)COC(=O)c1cc(-c2ccccc2C(F)(F)F)nc2onc(C)c12. The minimum absolute atomic E-state index is 0.0976. The molecule has 0 saturated carbocycles. The molecule has 0 aliphatic rings. The third-order valence-electron chi connectivity index (χ3n) is 3.96. The lowest BCUT2D eigenvalue weighted by molar-refractivity contribution is -0.137. The molecule has 3 rings (SSSR count). The van der Waals surface area contributed by atoms with Gasteiger partial charge in [-0.3, -0.25) is 4.79 Å². The zero-order valence-corrected chi connectivity index (χ0v) is 14.8. The number of aryl methyl sites for hydroxylation is 1. The number of ether oxygens (including phenoxy) is 1. The maximum absolute atomic E-state index is 13.4. The van der Waals surface area contributed by atoms with Gasteiger partial charge in [0.1, 0.15) is 0 Å². The molecule has 1 N–H and O–H groups in total. The summed E-state index contributed by atoms with van der Waals surface area (Å²) in [4.78, 5) is 27.9. The summed E-state index contributed by atoms with van der Waals surface area (Å²) < 4.78 is 50.1. The van der Waals surface area contributed by atoms with Gasteiger partial charge in [-0.15, -0.1) is 0 Å². The first-order valence-electron chi connectivity index (χ1n) is 8.03. The highest BCUT2D eigenvalue weighted by Crippen LogP contribution is 2.37. The molecule has 7 nitrogen and oxygen atoms in total. The quantitative estimate of drug-likeness (QED) is 0.685. The molecule has 0 fully saturated rings. The van der Waals surface area contributed by atoms with E-state index in [4.69, 9.17) is 9.26 Å². The number of halogens is 3. The van der Waals surface area contributed by atoms with Gasteiger partial charge in [-0.1, -0.05) is 23.4 Å². The van der Waals surface area contributed by atoms with Crippen LogP contribution in [0, 0.1) is 6.92 Å². The molecule has 2 heterocycles. The second-order valence-electron chi connectivity index (χ2n) is 5.80. The van der Waals surface area contributed by atoms with E-state index in [1.54, 1.807) is 6.92 Å². The number of hydrogen-bond donors (Lipinski definition) is 1. The second-order valence-corrected chi connectivity index (χ2v) is 5.80. The number of alkyl halides is 3. The Balaban J connectivity index is 2.15. The zero-order valence-electron chi connectivity index (χ0n) is 14.8. The van der Waals surface area contributed by atoms with E-state index in [0.717, 1.165) is 6.07 Å². The molecule has 1 aromatic carbocycles. The largest absolute Gasteiger partial charge is 0.452 e. The van der Waals surface area contributed by atoms with Gasteiger partial charge in [0.15, 0.2) is 6.61 Å². The van der Waals surface area contributed by atoms with E-state index >= 15 is 0 Å². The van der Waals surface area contributed by atoms with Gasteiger partial charge in [-0.25, -0.2) is 9.78 Å². The molecule has 3 aromatic rings. The molecule has 0 aliphatic heterocycles. The lowest BCUT2D eigenvalue weighted by Crippen LogP contribution is -2.25. The molecule has 1 amide bonds. The number of fused-ring (bicyclic) bond motifs is 1. The molecular weight excluding hydrogens is 379 g/mol. The van der Waals surface area contributed by atoms with Crippen LogP contribution < -0.4 is 5.32 Å². The molecule has 0 bridgehead atoms. The number of nitrogens with zero attached hydrogens (tertiary/aromatic N) is 2. The Hall–Kier alpha value is -3.43. The Morgan fingerprint density at radius 2 is 1.96 bits per heavy atom. The average molecular weight is 393 g/mol. The molecule has 0 radical (unpaired) electrons. The number of nitrogens with one attached hydrogen (secondary N) is 1. The summed E-state index contributed by atoms with van der Waals surface area (Å²) in [6.45, 7) is 1.00. The summed E-state index contributed by atoms with van der Waals surface area (Å²) in [6.07, 6.45) is -4.62. The fourth-order valence-corrected chi connectivity index (χ4v) is 2.63. The average Bonchev–Trinajstić information content (AvgIpc) is 3.05. The van der Waals surface area contributed by atoms with Crippen molar-refractivity contribution in [2.45, 2.75) is 13.1 Å². The molecule has 0 spiro atoms. The Morgan fingerprint density at radius 3 is 2.64 bits per heavy atom. The van der Waals surface area contributed by atoms with Crippen molar-refractivity contribution < 1.29 is 32.0 Å². The van der Waals surface area contributed by atoms with Crippen molar-refractivity contribution in [1.29, 1.82) is 0 Å². The van der Waals surface area contributed by atoms with Crippen LogP contribution in [-0.4, -0.2) is 35.7 Å². The number of rotatable bonds is 4. The number of carbonyl (C=O) groups is 2. The van der Waals surface area contributed by atoms with Gasteiger partial charge in [-0.05, 0) is 19.1 Å². The van der Waals surface area contributed by atoms with Gasteiger partial charge in [-0.2, -0.15) is 13.2 Å². The number of amides is 1. The topological polar surface area (TPSA) is 94.3 Å². The molecule has 0 unspecified atom stereocenters. The van der Waals surface area contributed by atoms with E-state index < -0.39 is 30.2 Å². The summed E-state index contributed by atoms with van der Waals surface area (Å²) in [5, 5.41) is 6.21. The summed E-state index contributed by atoms with van der Waals surface area (Å²) in [7, 11) is 1.37. The molecule has 10 heteroatoms. The minimum Gasteiger partial charge on any atom is -0.452 e. The standard InChI is InChI=1S/C18H14F3N3O4/c1-9-15-11(17(26)27-8-14(25)22-2)7-13(23-16(15)28-24-9)10-5-3-4-6-12(10)18(19,20)21/h3-7H,8H2,1-2H3,(H,22,25). The van der Waals surface area contributed by atoms with Crippen LogP contribution in [0.5, 0.6) is 0 Å². The Morgan fingerprint density at radius 1 is 1.25 bits per heavy atom. The second kappa shape index (κ2) is 7.29. The third-order valence-corrected chi connectivity index (χ3v) is 3.96. The molecular formula is C18H14F3N3O4. The predicted molar refractivity (Wildman–Crippen MR) is 91.3 cm³/mol. The fraction of sp³-hybridized carbons (Fsp3) is 0.222. The van der Waals surface area contributed by atoms with Gasteiger partial charge in [0.05, 0.1) is 27.9 Å². The molecule has 28 heavy (non-hydrogen) atoms. The Labute approximate surface area is 156 Å². The normalized spacial score (nSPS) is 11.5. The summed E-state index contributed by atoms with van der Waals surface area (Å²) in [5.41, 5.74) is -1.18. The maximum atomic E-state index is 13.4. The molecule has 0 saturated heterocycles. The number of likely N-dealkylation sites (N-methyl/N-ethyl adjacent to an activating group) is 1. The zero-order chi connectivity index (χ0) is 20.5. The van der Waals surface area contributed by atoms with Crippen molar-refractivity contribution in [3.63, 3.8) is 0 Å². The van der Waals surface area contributed by atoms with Crippen LogP contribution >= 0.6 is 0 Å². The van der Waals surface area contributed by atoms with Crippen molar-refractivity contribution in [2.24, 2.45) is 0 Å². The number of benzene rings is 1. The van der Waals surface area contributed by atoms with Gasteiger partial charge >= 0.3 is 12.1 Å². The minimum atomic E-state index is -4.62. The summed E-state index contributed by atoms with van der Waals surface area (Å²) in [6, 6.07) is 5.99. The molecule has 146 valence electrons. The van der Waals surface area contributed by atoms with Crippen LogP contribution in [0.15, 0.2) is 34.9 Å². The van der Waals surface area contributed by atoms with E-state index in [1.807, 2.05) is 0 Å². The maximum Gasteiger partial charge on any atom is 0.417 e. The van der Waals surface area contributed by atoms with Crippen molar-refractivity contribution in [2.75, 3.05) is 13.7 Å². The molecule has 0 atom stereocenters.